The van der Waals surface area contributed by atoms with Crippen molar-refractivity contribution in [2.75, 3.05) is 5.88 Å². The van der Waals surface area contributed by atoms with Crippen molar-refractivity contribution < 1.29 is 9.31 Å². The molecule has 2 nitrogen and oxygen atoms in total. The molecule has 0 bridgehead atoms. The van der Waals surface area contributed by atoms with Crippen LogP contribution in [0.15, 0.2) is 0 Å². The van der Waals surface area contributed by atoms with E-state index in [1.807, 2.05) is 27.7 Å². The quantitative estimate of drug-likeness (QED) is 0.565. The van der Waals surface area contributed by atoms with E-state index in [1.54, 1.807) is 0 Å². The Labute approximate surface area is 103 Å². The summed E-state index contributed by atoms with van der Waals surface area (Å²) in [5.41, 5.74) is -0.600. The molecule has 15 heavy (non-hydrogen) atoms. The summed E-state index contributed by atoms with van der Waals surface area (Å²) in [5, 5.41) is -0.121. The lowest BCUT2D eigenvalue weighted by Gasteiger charge is -2.32. The standard InChI is InChI=1S/C10H19BCl2O2/c1-9(2)10(3,4)15-11(14-9)8(13)6-5-7-12/h8H,5-7H2,1-4H3. The summed E-state index contributed by atoms with van der Waals surface area (Å²) in [5.74, 6) is 0.628. The van der Waals surface area contributed by atoms with E-state index in [9.17, 15) is 0 Å². The molecular weight excluding hydrogens is 234 g/mol. The molecule has 1 aliphatic rings. The highest BCUT2D eigenvalue weighted by Crippen LogP contribution is 2.38. The smallest absolute Gasteiger partial charge is 0.402 e. The van der Waals surface area contributed by atoms with Crippen molar-refractivity contribution in [1.82, 2.24) is 0 Å². The lowest BCUT2D eigenvalue weighted by Crippen LogP contribution is -2.41. The maximum atomic E-state index is 6.21. The molecule has 1 rings (SSSR count). The van der Waals surface area contributed by atoms with Crippen LogP contribution >= 0.6 is 23.2 Å². The van der Waals surface area contributed by atoms with Gasteiger partial charge in [-0.05, 0) is 40.5 Å². The minimum absolute atomic E-state index is 0.121. The third-order valence-electron chi connectivity index (χ3n) is 3.18. The first-order valence-electron chi connectivity index (χ1n) is 5.36. The van der Waals surface area contributed by atoms with Crippen LogP contribution in [0.1, 0.15) is 40.5 Å². The third kappa shape index (κ3) is 3.03. The lowest BCUT2D eigenvalue weighted by molar-refractivity contribution is 0.00578. The Morgan fingerprint density at radius 1 is 1.13 bits per heavy atom. The summed E-state index contributed by atoms with van der Waals surface area (Å²) >= 11 is 11.8. The zero-order valence-electron chi connectivity index (χ0n) is 9.85. The minimum atomic E-state index is -0.320. The first-order chi connectivity index (χ1) is 6.80. The first-order valence-corrected chi connectivity index (χ1v) is 6.33. The van der Waals surface area contributed by atoms with Gasteiger partial charge in [-0.3, -0.25) is 0 Å². The fourth-order valence-electron chi connectivity index (χ4n) is 1.44. The molecular formula is C10H19BCl2O2. The number of halogens is 2. The molecule has 0 aliphatic carbocycles. The monoisotopic (exact) mass is 252 g/mol. The Morgan fingerprint density at radius 3 is 2.00 bits per heavy atom. The summed E-state index contributed by atoms with van der Waals surface area (Å²) in [6.07, 6.45) is 1.71. The molecule has 1 atom stereocenters. The summed E-state index contributed by atoms with van der Waals surface area (Å²) in [6.45, 7) is 8.10. The van der Waals surface area contributed by atoms with E-state index in [0.717, 1.165) is 12.8 Å². The van der Waals surface area contributed by atoms with E-state index in [1.165, 1.54) is 0 Å². The average Bonchev–Trinajstić information content (AvgIpc) is 2.32. The van der Waals surface area contributed by atoms with Crippen molar-refractivity contribution in [2.24, 2.45) is 0 Å². The van der Waals surface area contributed by atoms with Crippen molar-refractivity contribution >= 4 is 30.3 Å². The Morgan fingerprint density at radius 2 is 1.60 bits per heavy atom. The van der Waals surface area contributed by atoms with Gasteiger partial charge in [-0.2, -0.15) is 0 Å². The van der Waals surface area contributed by atoms with Crippen molar-refractivity contribution in [3.63, 3.8) is 0 Å². The second-order valence-corrected chi connectivity index (χ2v) is 5.91. The number of hydrogen-bond donors (Lipinski definition) is 0. The van der Waals surface area contributed by atoms with Crippen LogP contribution in [0.4, 0.5) is 0 Å². The largest absolute Gasteiger partial charge is 0.476 e. The third-order valence-corrected chi connectivity index (χ3v) is 3.87. The van der Waals surface area contributed by atoms with Gasteiger partial charge in [0.15, 0.2) is 0 Å². The van der Waals surface area contributed by atoms with Gasteiger partial charge in [0.2, 0.25) is 0 Å². The van der Waals surface area contributed by atoms with E-state index in [-0.39, 0.29) is 23.6 Å². The summed E-state index contributed by atoms with van der Waals surface area (Å²) in [7, 11) is -0.320. The maximum absolute atomic E-state index is 6.21. The van der Waals surface area contributed by atoms with Crippen LogP contribution in [0.2, 0.25) is 0 Å². The van der Waals surface area contributed by atoms with E-state index in [2.05, 4.69) is 0 Å². The Hall–Kier alpha value is 0.565. The number of hydrogen-bond acceptors (Lipinski definition) is 2. The second kappa shape index (κ2) is 4.83. The van der Waals surface area contributed by atoms with Crippen molar-refractivity contribution in [3.05, 3.63) is 0 Å². The highest BCUT2D eigenvalue weighted by molar-refractivity contribution is 6.59. The molecule has 0 aromatic carbocycles. The van der Waals surface area contributed by atoms with Gasteiger partial charge in [-0.25, -0.2) is 0 Å². The summed E-state index contributed by atoms with van der Waals surface area (Å²) in [4.78, 5) is 0. The van der Waals surface area contributed by atoms with Crippen molar-refractivity contribution in [1.29, 1.82) is 0 Å². The van der Waals surface area contributed by atoms with Gasteiger partial charge >= 0.3 is 7.12 Å². The van der Waals surface area contributed by atoms with Crippen LogP contribution in [0.3, 0.4) is 0 Å². The molecule has 0 radical (unpaired) electrons. The Kier molecular flexibility index (Phi) is 4.39. The average molecular weight is 253 g/mol. The molecule has 0 aromatic heterocycles. The molecule has 0 N–H and O–H groups in total. The lowest BCUT2D eigenvalue weighted by atomic mass is 9.82. The van der Waals surface area contributed by atoms with E-state index in [0.29, 0.717) is 5.88 Å². The Bertz CT molecular complexity index is 205. The fourth-order valence-corrected chi connectivity index (χ4v) is 1.86. The summed E-state index contributed by atoms with van der Waals surface area (Å²) in [6, 6.07) is 0. The SMILES string of the molecule is CC1(C)OB(C(Cl)CCCCl)OC1(C)C. The van der Waals surface area contributed by atoms with Crippen LogP contribution in [0.5, 0.6) is 0 Å². The van der Waals surface area contributed by atoms with Gasteiger partial charge in [-0.15, -0.1) is 23.2 Å². The molecule has 0 amide bonds. The van der Waals surface area contributed by atoms with Gasteiger partial charge in [-0.1, -0.05) is 0 Å². The van der Waals surface area contributed by atoms with E-state index < -0.39 is 0 Å². The molecule has 1 fully saturated rings. The topological polar surface area (TPSA) is 18.5 Å². The normalized spacial score (nSPS) is 25.6. The molecule has 1 heterocycles. The molecule has 1 saturated heterocycles. The fraction of sp³-hybridized carbons (Fsp3) is 1.00. The van der Waals surface area contributed by atoms with Gasteiger partial charge in [0, 0.05) is 5.88 Å². The van der Waals surface area contributed by atoms with E-state index >= 15 is 0 Å². The van der Waals surface area contributed by atoms with Crippen LogP contribution in [-0.4, -0.2) is 29.5 Å². The number of alkyl halides is 2. The van der Waals surface area contributed by atoms with E-state index in [4.69, 9.17) is 32.5 Å². The number of rotatable bonds is 4. The van der Waals surface area contributed by atoms with Gasteiger partial charge < -0.3 is 9.31 Å². The Balaban J connectivity index is 2.54. The van der Waals surface area contributed by atoms with Gasteiger partial charge in [0.25, 0.3) is 0 Å². The van der Waals surface area contributed by atoms with Crippen molar-refractivity contribution in [3.8, 4) is 0 Å². The summed E-state index contributed by atoms with van der Waals surface area (Å²) < 4.78 is 11.7. The predicted molar refractivity (Wildman–Crippen MR) is 65.7 cm³/mol. The second-order valence-electron chi connectivity index (χ2n) is 4.97. The van der Waals surface area contributed by atoms with Crippen LogP contribution < -0.4 is 0 Å². The minimum Gasteiger partial charge on any atom is -0.402 e. The molecule has 0 spiro atoms. The first kappa shape index (κ1) is 13.6. The van der Waals surface area contributed by atoms with Crippen molar-refractivity contribution in [2.45, 2.75) is 57.0 Å². The molecule has 0 aromatic rings. The van der Waals surface area contributed by atoms with Gasteiger partial charge in [0.05, 0.1) is 16.5 Å². The maximum Gasteiger partial charge on any atom is 0.476 e. The molecule has 1 unspecified atom stereocenters. The molecule has 88 valence electrons. The van der Waals surface area contributed by atoms with Crippen LogP contribution in [0, 0.1) is 0 Å². The molecule has 0 saturated carbocycles. The zero-order chi connectivity index (χ0) is 11.7. The molecule has 5 heteroatoms. The van der Waals surface area contributed by atoms with Gasteiger partial charge in [0.1, 0.15) is 0 Å². The highest BCUT2D eigenvalue weighted by atomic mass is 35.5. The molecule has 1 aliphatic heterocycles. The zero-order valence-corrected chi connectivity index (χ0v) is 11.4. The van der Waals surface area contributed by atoms with Crippen LogP contribution in [-0.2, 0) is 9.31 Å². The predicted octanol–water partition coefficient (Wildman–Crippen LogP) is 3.24. The highest BCUT2D eigenvalue weighted by Gasteiger charge is 2.53. The van der Waals surface area contributed by atoms with Crippen LogP contribution in [0.25, 0.3) is 0 Å².